The first-order chi connectivity index (χ1) is 9.02. The first-order valence-corrected chi connectivity index (χ1v) is 6.22. The lowest BCUT2D eigenvalue weighted by Crippen LogP contribution is -2.46. The molecule has 4 heteroatoms. The zero-order valence-corrected chi connectivity index (χ0v) is 11.0. The molecule has 0 amide bonds. The van der Waals surface area contributed by atoms with Gasteiger partial charge in [0.1, 0.15) is 5.54 Å². The molecule has 0 spiro atoms. The minimum atomic E-state index is -1.44. The maximum atomic E-state index is 11.5. The van der Waals surface area contributed by atoms with Gasteiger partial charge in [-0.05, 0) is 23.3 Å². The van der Waals surface area contributed by atoms with Gasteiger partial charge in [0.2, 0.25) is 0 Å². The Labute approximate surface area is 116 Å². The van der Waals surface area contributed by atoms with Crippen LogP contribution in [0.4, 0.5) is 0 Å². The van der Waals surface area contributed by atoms with Crippen LogP contribution in [0.2, 0.25) is 5.02 Å². The first-order valence-electron chi connectivity index (χ1n) is 5.84. The van der Waals surface area contributed by atoms with Crippen LogP contribution in [0.25, 0.3) is 0 Å². The molecule has 0 bridgehead atoms. The lowest BCUT2D eigenvalue weighted by atomic mass is 9.85. The van der Waals surface area contributed by atoms with E-state index in [1.807, 2.05) is 6.07 Å². The maximum absolute atomic E-state index is 11.5. The van der Waals surface area contributed by atoms with Gasteiger partial charge in [0.05, 0.1) is 0 Å². The molecule has 0 fully saturated rings. The highest BCUT2D eigenvalue weighted by molar-refractivity contribution is 6.30. The predicted octanol–water partition coefficient (Wildman–Crippen LogP) is 2.82. The molecule has 0 aliphatic carbocycles. The summed E-state index contributed by atoms with van der Waals surface area (Å²) in [4.78, 5) is 11.5. The van der Waals surface area contributed by atoms with Gasteiger partial charge in [-0.2, -0.15) is 0 Å². The fraction of sp³-hybridized carbons (Fsp3) is 0.133. The number of benzene rings is 2. The molecule has 0 aliphatic heterocycles. The summed E-state index contributed by atoms with van der Waals surface area (Å²) in [5, 5.41) is 10.1. The number of rotatable bonds is 4. The summed E-state index contributed by atoms with van der Waals surface area (Å²) >= 11 is 5.81. The Morgan fingerprint density at radius 2 is 1.68 bits per heavy atom. The average molecular weight is 276 g/mol. The SMILES string of the molecule is NC(Cc1ccc(Cl)cc1)(C(=O)O)c1ccccc1. The standard InChI is InChI=1S/C15H14ClNO2/c16-13-8-6-11(7-9-13)10-15(17,14(18)19)12-4-2-1-3-5-12/h1-9H,10,17H2,(H,18,19). The van der Waals surface area contributed by atoms with Crippen molar-refractivity contribution >= 4 is 17.6 Å². The van der Waals surface area contributed by atoms with Crippen molar-refractivity contribution in [3.05, 3.63) is 70.7 Å². The van der Waals surface area contributed by atoms with Gasteiger partial charge in [-0.3, -0.25) is 0 Å². The van der Waals surface area contributed by atoms with Crippen molar-refractivity contribution in [2.24, 2.45) is 5.73 Å². The Kier molecular flexibility index (Phi) is 3.88. The molecule has 3 N–H and O–H groups in total. The van der Waals surface area contributed by atoms with Crippen LogP contribution in [0, 0.1) is 0 Å². The fourth-order valence-electron chi connectivity index (χ4n) is 1.96. The molecule has 0 saturated heterocycles. The van der Waals surface area contributed by atoms with Gasteiger partial charge >= 0.3 is 5.97 Å². The summed E-state index contributed by atoms with van der Waals surface area (Å²) in [5.41, 5.74) is 6.08. The molecule has 2 rings (SSSR count). The smallest absolute Gasteiger partial charge is 0.328 e. The van der Waals surface area contributed by atoms with E-state index < -0.39 is 11.5 Å². The average Bonchev–Trinajstić information content (AvgIpc) is 2.42. The highest BCUT2D eigenvalue weighted by Gasteiger charge is 2.36. The van der Waals surface area contributed by atoms with E-state index in [1.165, 1.54) is 0 Å². The maximum Gasteiger partial charge on any atom is 0.328 e. The van der Waals surface area contributed by atoms with Gasteiger partial charge in [-0.15, -0.1) is 0 Å². The second-order valence-electron chi connectivity index (χ2n) is 4.45. The Hall–Kier alpha value is -1.84. The van der Waals surface area contributed by atoms with E-state index in [0.29, 0.717) is 10.6 Å². The monoisotopic (exact) mass is 275 g/mol. The molecule has 2 aromatic carbocycles. The minimum Gasteiger partial charge on any atom is -0.480 e. The molecule has 0 radical (unpaired) electrons. The third-order valence-electron chi connectivity index (χ3n) is 3.07. The number of carboxylic acid groups (broad SMARTS) is 1. The van der Waals surface area contributed by atoms with Gasteiger partial charge in [-0.1, -0.05) is 54.1 Å². The lowest BCUT2D eigenvalue weighted by molar-refractivity contribution is -0.143. The van der Waals surface area contributed by atoms with E-state index >= 15 is 0 Å². The van der Waals surface area contributed by atoms with Gasteiger partial charge in [0, 0.05) is 11.4 Å². The van der Waals surface area contributed by atoms with Crippen LogP contribution in [-0.4, -0.2) is 11.1 Å². The Morgan fingerprint density at radius 1 is 1.11 bits per heavy atom. The number of hydrogen-bond acceptors (Lipinski definition) is 2. The van der Waals surface area contributed by atoms with Crippen LogP contribution in [0.15, 0.2) is 54.6 Å². The van der Waals surface area contributed by atoms with E-state index in [4.69, 9.17) is 17.3 Å². The molecule has 0 heterocycles. The Bertz CT molecular complexity index is 568. The van der Waals surface area contributed by atoms with Gasteiger partial charge in [0.25, 0.3) is 0 Å². The fourth-order valence-corrected chi connectivity index (χ4v) is 2.09. The third kappa shape index (κ3) is 2.95. The van der Waals surface area contributed by atoms with E-state index in [1.54, 1.807) is 48.5 Å². The largest absolute Gasteiger partial charge is 0.480 e. The third-order valence-corrected chi connectivity index (χ3v) is 3.32. The molecular weight excluding hydrogens is 262 g/mol. The van der Waals surface area contributed by atoms with Crippen molar-refractivity contribution in [2.75, 3.05) is 0 Å². The number of hydrogen-bond donors (Lipinski definition) is 2. The molecule has 2 aromatic rings. The molecule has 3 nitrogen and oxygen atoms in total. The minimum absolute atomic E-state index is 0.212. The van der Waals surface area contributed by atoms with E-state index in [0.717, 1.165) is 5.56 Å². The molecule has 0 saturated carbocycles. The van der Waals surface area contributed by atoms with Gasteiger partial charge in [-0.25, -0.2) is 4.79 Å². The van der Waals surface area contributed by atoms with E-state index in [-0.39, 0.29) is 6.42 Å². The highest BCUT2D eigenvalue weighted by atomic mass is 35.5. The summed E-state index contributed by atoms with van der Waals surface area (Å²) in [7, 11) is 0. The van der Waals surface area contributed by atoms with Crippen molar-refractivity contribution in [2.45, 2.75) is 12.0 Å². The van der Waals surface area contributed by atoms with Crippen molar-refractivity contribution in [1.29, 1.82) is 0 Å². The molecule has 0 aliphatic rings. The predicted molar refractivity (Wildman–Crippen MR) is 75.1 cm³/mol. The first kappa shape index (κ1) is 13.6. The normalized spacial score (nSPS) is 13.8. The van der Waals surface area contributed by atoms with Gasteiger partial charge < -0.3 is 10.8 Å². The van der Waals surface area contributed by atoms with Crippen LogP contribution in [-0.2, 0) is 16.8 Å². The zero-order valence-electron chi connectivity index (χ0n) is 10.2. The van der Waals surface area contributed by atoms with Crippen molar-refractivity contribution in [3.8, 4) is 0 Å². The summed E-state index contributed by atoms with van der Waals surface area (Å²) in [5.74, 6) is -1.05. The van der Waals surface area contributed by atoms with Crippen LogP contribution >= 0.6 is 11.6 Å². The Balaban J connectivity index is 2.36. The number of nitrogens with two attached hydrogens (primary N) is 1. The van der Waals surface area contributed by atoms with Crippen molar-refractivity contribution in [3.63, 3.8) is 0 Å². The lowest BCUT2D eigenvalue weighted by Gasteiger charge is -2.25. The van der Waals surface area contributed by atoms with Crippen molar-refractivity contribution in [1.82, 2.24) is 0 Å². The van der Waals surface area contributed by atoms with Crippen LogP contribution < -0.4 is 5.73 Å². The molecule has 98 valence electrons. The van der Waals surface area contributed by atoms with Gasteiger partial charge in [0.15, 0.2) is 0 Å². The molecule has 0 aromatic heterocycles. The quantitative estimate of drug-likeness (QED) is 0.902. The summed E-state index contributed by atoms with van der Waals surface area (Å²) < 4.78 is 0. The number of carbonyl (C=O) groups is 1. The second-order valence-corrected chi connectivity index (χ2v) is 4.88. The molecule has 1 unspecified atom stereocenters. The number of halogens is 1. The number of carboxylic acids is 1. The molecule has 1 atom stereocenters. The molecular formula is C15H14ClNO2. The Morgan fingerprint density at radius 3 is 2.21 bits per heavy atom. The highest BCUT2D eigenvalue weighted by Crippen LogP contribution is 2.24. The van der Waals surface area contributed by atoms with E-state index in [2.05, 4.69) is 0 Å². The summed E-state index contributed by atoms with van der Waals surface area (Å²) in [6, 6.07) is 15.9. The molecule has 19 heavy (non-hydrogen) atoms. The van der Waals surface area contributed by atoms with E-state index in [9.17, 15) is 9.90 Å². The number of aliphatic carboxylic acids is 1. The van der Waals surface area contributed by atoms with Crippen LogP contribution in [0.1, 0.15) is 11.1 Å². The topological polar surface area (TPSA) is 63.3 Å². The second kappa shape index (κ2) is 5.43. The summed E-state index contributed by atoms with van der Waals surface area (Å²) in [6.45, 7) is 0. The zero-order chi connectivity index (χ0) is 13.9. The van der Waals surface area contributed by atoms with Crippen LogP contribution in [0.5, 0.6) is 0 Å². The summed E-state index contributed by atoms with van der Waals surface area (Å²) in [6.07, 6.45) is 0.212. The van der Waals surface area contributed by atoms with Crippen molar-refractivity contribution < 1.29 is 9.90 Å². The van der Waals surface area contributed by atoms with Crippen LogP contribution in [0.3, 0.4) is 0 Å².